The third kappa shape index (κ3) is 3.71. The molecule has 120 valence electrons. The number of halogens is 5. The fourth-order valence-electron chi connectivity index (χ4n) is 2.10. The largest absolute Gasteiger partial charge is 0.406 e. The van der Waals surface area contributed by atoms with Crippen molar-refractivity contribution in [3.05, 3.63) is 35.4 Å². The number of amides is 2. The molecule has 0 aliphatic carbocycles. The molecule has 22 heavy (non-hydrogen) atoms. The lowest BCUT2D eigenvalue weighted by Gasteiger charge is -2.34. The Labute approximate surface area is 122 Å². The molecular formula is C13H11F5N2O2. The summed E-state index contributed by atoms with van der Waals surface area (Å²) in [5.41, 5.74) is -0.558. The summed E-state index contributed by atoms with van der Waals surface area (Å²) in [6.45, 7) is -2.51. The number of rotatable bonds is 2. The molecular weight excluding hydrogens is 311 g/mol. The van der Waals surface area contributed by atoms with E-state index in [0.29, 0.717) is 11.0 Å². The summed E-state index contributed by atoms with van der Waals surface area (Å²) in [6, 6.07) is 2.28. The summed E-state index contributed by atoms with van der Waals surface area (Å²) in [5, 5.41) is 0. The second kappa shape index (κ2) is 5.90. The zero-order valence-electron chi connectivity index (χ0n) is 11.2. The molecule has 0 radical (unpaired) electrons. The maximum Gasteiger partial charge on any atom is 0.406 e. The molecule has 0 saturated carbocycles. The van der Waals surface area contributed by atoms with Crippen LogP contribution in [0.4, 0.5) is 22.0 Å². The summed E-state index contributed by atoms with van der Waals surface area (Å²) < 4.78 is 63.4. The van der Waals surface area contributed by atoms with Crippen molar-refractivity contribution in [2.75, 3.05) is 26.2 Å². The van der Waals surface area contributed by atoms with Gasteiger partial charge in [0.05, 0.1) is 5.56 Å². The predicted octanol–water partition coefficient (Wildman–Crippen LogP) is 1.81. The van der Waals surface area contributed by atoms with Crippen LogP contribution < -0.4 is 0 Å². The van der Waals surface area contributed by atoms with Crippen LogP contribution in [-0.4, -0.2) is 54.0 Å². The number of benzene rings is 1. The van der Waals surface area contributed by atoms with Crippen molar-refractivity contribution in [2.45, 2.75) is 6.18 Å². The Morgan fingerprint density at radius 3 is 2.45 bits per heavy atom. The van der Waals surface area contributed by atoms with Crippen molar-refractivity contribution in [3.63, 3.8) is 0 Å². The minimum absolute atomic E-state index is 0.184. The fraction of sp³-hybridized carbons (Fsp3) is 0.385. The zero-order valence-corrected chi connectivity index (χ0v) is 11.2. The van der Waals surface area contributed by atoms with Gasteiger partial charge in [0.1, 0.15) is 24.7 Å². The van der Waals surface area contributed by atoms with E-state index in [9.17, 15) is 31.5 Å². The van der Waals surface area contributed by atoms with Gasteiger partial charge in [-0.15, -0.1) is 0 Å². The molecule has 9 heteroatoms. The van der Waals surface area contributed by atoms with E-state index in [2.05, 4.69) is 0 Å². The van der Waals surface area contributed by atoms with Crippen molar-refractivity contribution in [1.29, 1.82) is 0 Å². The highest BCUT2D eigenvalue weighted by molar-refractivity contribution is 5.97. The Morgan fingerprint density at radius 1 is 1.18 bits per heavy atom. The first-order valence-electron chi connectivity index (χ1n) is 6.26. The average molecular weight is 322 g/mol. The summed E-state index contributed by atoms with van der Waals surface area (Å²) in [6.07, 6.45) is -4.53. The van der Waals surface area contributed by atoms with Gasteiger partial charge in [0.15, 0.2) is 0 Å². The van der Waals surface area contributed by atoms with E-state index in [4.69, 9.17) is 0 Å². The van der Waals surface area contributed by atoms with E-state index in [1.807, 2.05) is 0 Å². The molecule has 0 unspecified atom stereocenters. The number of carbonyl (C=O) groups is 2. The first-order valence-corrected chi connectivity index (χ1v) is 6.26. The van der Waals surface area contributed by atoms with Crippen LogP contribution in [0.25, 0.3) is 0 Å². The van der Waals surface area contributed by atoms with Gasteiger partial charge in [0.25, 0.3) is 5.91 Å². The van der Waals surface area contributed by atoms with Crippen LogP contribution >= 0.6 is 0 Å². The van der Waals surface area contributed by atoms with Crippen LogP contribution in [0.1, 0.15) is 10.4 Å². The molecule has 1 aromatic rings. The Morgan fingerprint density at radius 2 is 1.86 bits per heavy atom. The predicted molar refractivity (Wildman–Crippen MR) is 64.9 cm³/mol. The van der Waals surface area contributed by atoms with E-state index in [1.165, 1.54) is 0 Å². The number of alkyl halides is 3. The van der Waals surface area contributed by atoms with E-state index in [1.54, 1.807) is 0 Å². The number of hydrogen-bond donors (Lipinski definition) is 0. The molecule has 1 heterocycles. The zero-order chi connectivity index (χ0) is 16.5. The number of carbonyl (C=O) groups excluding carboxylic acids is 2. The second-order valence-electron chi connectivity index (χ2n) is 4.78. The molecule has 0 aromatic heterocycles. The van der Waals surface area contributed by atoms with Crippen LogP contribution in [0.15, 0.2) is 18.2 Å². The molecule has 4 nitrogen and oxygen atoms in total. The van der Waals surface area contributed by atoms with Gasteiger partial charge in [-0.2, -0.15) is 13.2 Å². The van der Waals surface area contributed by atoms with Gasteiger partial charge in [0, 0.05) is 13.1 Å². The Bertz CT molecular complexity index is 603. The topological polar surface area (TPSA) is 40.6 Å². The van der Waals surface area contributed by atoms with Crippen LogP contribution in [0.5, 0.6) is 0 Å². The van der Waals surface area contributed by atoms with Gasteiger partial charge in [0.2, 0.25) is 5.91 Å². The summed E-state index contributed by atoms with van der Waals surface area (Å²) in [7, 11) is 0. The lowest BCUT2D eigenvalue weighted by Crippen LogP contribution is -2.54. The van der Waals surface area contributed by atoms with Crippen LogP contribution in [0, 0.1) is 11.6 Å². The van der Waals surface area contributed by atoms with E-state index in [0.717, 1.165) is 17.0 Å². The molecule has 2 amide bonds. The number of piperazine rings is 1. The quantitative estimate of drug-likeness (QED) is 0.779. The molecule has 2 rings (SSSR count). The molecule has 1 fully saturated rings. The first kappa shape index (κ1) is 16.2. The monoisotopic (exact) mass is 322 g/mol. The van der Waals surface area contributed by atoms with Crippen molar-refractivity contribution in [1.82, 2.24) is 9.80 Å². The third-order valence-electron chi connectivity index (χ3n) is 3.13. The lowest BCUT2D eigenvalue weighted by molar-refractivity contribution is -0.164. The smallest absolute Gasteiger partial charge is 0.330 e. The number of nitrogens with zero attached hydrogens (tertiary/aromatic N) is 2. The minimum atomic E-state index is -4.53. The van der Waals surface area contributed by atoms with Gasteiger partial charge in [-0.3, -0.25) is 9.59 Å². The maximum atomic E-state index is 13.5. The van der Waals surface area contributed by atoms with Crippen molar-refractivity contribution in [3.8, 4) is 0 Å². The molecule has 0 bridgehead atoms. The molecule has 0 atom stereocenters. The lowest BCUT2D eigenvalue weighted by atomic mass is 10.1. The average Bonchev–Trinajstić information content (AvgIpc) is 2.41. The van der Waals surface area contributed by atoms with E-state index >= 15 is 0 Å². The summed E-state index contributed by atoms with van der Waals surface area (Å²) in [4.78, 5) is 25.1. The Balaban J connectivity index is 2.08. The van der Waals surface area contributed by atoms with Crippen molar-refractivity contribution in [2.24, 2.45) is 0 Å². The summed E-state index contributed by atoms with van der Waals surface area (Å²) in [5.74, 6) is -3.62. The molecule has 1 aliphatic heterocycles. The van der Waals surface area contributed by atoms with Crippen LogP contribution in [-0.2, 0) is 4.79 Å². The molecule has 1 aliphatic rings. The van der Waals surface area contributed by atoms with E-state index in [-0.39, 0.29) is 13.1 Å². The normalized spacial score (nSPS) is 16.1. The molecule has 1 aromatic carbocycles. The van der Waals surface area contributed by atoms with Gasteiger partial charge in [-0.05, 0) is 18.2 Å². The highest BCUT2D eigenvalue weighted by atomic mass is 19.4. The Hall–Kier alpha value is -2.19. The van der Waals surface area contributed by atoms with E-state index < -0.39 is 48.3 Å². The van der Waals surface area contributed by atoms with Crippen molar-refractivity contribution < 1.29 is 31.5 Å². The SMILES string of the molecule is O=C1CN(C(=O)c2cc(F)ccc2F)CCN1CC(F)(F)F. The standard InChI is InChI=1S/C13H11F5N2O2/c14-8-1-2-10(15)9(5-8)12(22)19-3-4-20(11(21)6-19)7-13(16,17)18/h1-2,5H,3-4,6-7H2. The van der Waals surface area contributed by atoms with Crippen LogP contribution in [0.3, 0.4) is 0 Å². The highest BCUT2D eigenvalue weighted by Gasteiger charge is 2.36. The van der Waals surface area contributed by atoms with Gasteiger partial charge in [-0.25, -0.2) is 8.78 Å². The molecule has 1 saturated heterocycles. The molecule has 0 N–H and O–H groups in total. The maximum absolute atomic E-state index is 13.5. The minimum Gasteiger partial charge on any atom is -0.330 e. The van der Waals surface area contributed by atoms with Crippen molar-refractivity contribution >= 4 is 11.8 Å². The molecule has 0 spiro atoms. The van der Waals surface area contributed by atoms with Gasteiger partial charge in [-0.1, -0.05) is 0 Å². The second-order valence-corrected chi connectivity index (χ2v) is 4.78. The first-order chi connectivity index (χ1) is 10.2. The third-order valence-corrected chi connectivity index (χ3v) is 3.13. The van der Waals surface area contributed by atoms with Gasteiger partial charge < -0.3 is 9.80 Å². The van der Waals surface area contributed by atoms with Gasteiger partial charge >= 0.3 is 6.18 Å². The highest BCUT2D eigenvalue weighted by Crippen LogP contribution is 2.19. The number of hydrogen-bond acceptors (Lipinski definition) is 2. The Kier molecular flexibility index (Phi) is 4.34. The fourth-order valence-corrected chi connectivity index (χ4v) is 2.10. The van der Waals surface area contributed by atoms with Crippen LogP contribution in [0.2, 0.25) is 0 Å². The summed E-state index contributed by atoms with van der Waals surface area (Å²) >= 11 is 0.